The number of nitrogens with zero attached hydrogens (tertiary/aromatic N) is 1. The molecule has 0 bridgehead atoms. The van der Waals surface area contributed by atoms with Crippen molar-refractivity contribution >= 4 is 23.7 Å². The predicted octanol–water partition coefficient (Wildman–Crippen LogP) is 7.69. The van der Waals surface area contributed by atoms with E-state index in [4.69, 9.17) is 21.1 Å². The van der Waals surface area contributed by atoms with E-state index in [1.807, 2.05) is 49.4 Å². The summed E-state index contributed by atoms with van der Waals surface area (Å²) in [6.07, 6.45) is 13.2. The third kappa shape index (κ3) is 11.6. The first-order chi connectivity index (χ1) is 16.6. The molecule has 0 saturated carbocycles. The summed E-state index contributed by atoms with van der Waals surface area (Å²) in [6, 6.07) is 13.1. The van der Waals surface area contributed by atoms with Crippen molar-refractivity contribution < 1.29 is 14.3 Å². The Morgan fingerprint density at radius 2 is 1.56 bits per heavy atom. The number of benzene rings is 2. The van der Waals surface area contributed by atoms with Crippen LogP contribution in [0.1, 0.15) is 89.2 Å². The van der Waals surface area contributed by atoms with E-state index in [0.29, 0.717) is 36.2 Å². The fourth-order valence-corrected chi connectivity index (χ4v) is 3.69. The molecule has 0 saturated heterocycles. The first-order valence-corrected chi connectivity index (χ1v) is 13.0. The first kappa shape index (κ1) is 27.7. The highest BCUT2D eigenvalue weighted by atomic mass is 35.5. The van der Waals surface area contributed by atoms with E-state index in [0.717, 1.165) is 24.0 Å². The highest BCUT2D eigenvalue weighted by molar-refractivity contribution is 6.30. The number of amides is 1. The maximum Gasteiger partial charge on any atom is 0.240 e. The fraction of sp³-hybridized carbons (Fsp3) is 0.500. The molecule has 0 aromatic heterocycles. The van der Waals surface area contributed by atoms with Gasteiger partial charge in [-0.3, -0.25) is 4.79 Å². The first-order valence-electron chi connectivity index (χ1n) is 12.6. The Balaban J connectivity index is 1.72. The van der Waals surface area contributed by atoms with Crippen LogP contribution in [0, 0.1) is 0 Å². The monoisotopic (exact) mass is 486 g/mol. The fourth-order valence-electron chi connectivity index (χ4n) is 3.57. The zero-order chi connectivity index (χ0) is 24.4. The van der Waals surface area contributed by atoms with Crippen molar-refractivity contribution in [3.63, 3.8) is 0 Å². The van der Waals surface area contributed by atoms with E-state index in [1.165, 1.54) is 44.9 Å². The van der Waals surface area contributed by atoms with Gasteiger partial charge in [-0.1, -0.05) is 82.0 Å². The molecular weight excluding hydrogens is 448 g/mol. The summed E-state index contributed by atoms with van der Waals surface area (Å²) in [6.45, 7) is 5.10. The molecule has 0 unspecified atom stereocenters. The van der Waals surface area contributed by atoms with Gasteiger partial charge in [0.15, 0.2) is 11.5 Å². The van der Waals surface area contributed by atoms with E-state index in [9.17, 15) is 4.79 Å². The number of unbranched alkanes of at least 4 members (excludes halogenated alkanes) is 8. The lowest BCUT2D eigenvalue weighted by molar-refractivity contribution is -0.121. The van der Waals surface area contributed by atoms with Gasteiger partial charge in [-0.05, 0) is 54.8 Å². The van der Waals surface area contributed by atoms with Gasteiger partial charge in [-0.2, -0.15) is 5.10 Å². The number of carbonyl (C=O) groups is 1. The average Bonchev–Trinajstić information content (AvgIpc) is 2.84. The Labute approximate surface area is 209 Å². The maximum absolute atomic E-state index is 12.0. The summed E-state index contributed by atoms with van der Waals surface area (Å²) in [4.78, 5) is 12.0. The van der Waals surface area contributed by atoms with Gasteiger partial charge in [0, 0.05) is 11.4 Å². The minimum absolute atomic E-state index is 0.0489. The molecule has 2 aromatic carbocycles. The molecule has 2 rings (SSSR count). The number of halogens is 1. The molecule has 5 nitrogen and oxygen atoms in total. The van der Waals surface area contributed by atoms with E-state index in [1.54, 1.807) is 6.21 Å². The molecule has 34 heavy (non-hydrogen) atoms. The van der Waals surface area contributed by atoms with E-state index in [-0.39, 0.29) is 5.91 Å². The topological polar surface area (TPSA) is 59.9 Å². The van der Waals surface area contributed by atoms with Gasteiger partial charge in [0.05, 0.1) is 12.8 Å². The van der Waals surface area contributed by atoms with Gasteiger partial charge in [0.2, 0.25) is 5.91 Å². The van der Waals surface area contributed by atoms with Crippen LogP contribution in [-0.2, 0) is 11.4 Å². The summed E-state index contributed by atoms with van der Waals surface area (Å²) in [5.41, 5.74) is 4.47. The van der Waals surface area contributed by atoms with Crippen molar-refractivity contribution in [3.8, 4) is 11.5 Å². The number of hydrogen-bond donors (Lipinski definition) is 1. The van der Waals surface area contributed by atoms with E-state index < -0.39 is 0 Å². The molecule has 0 fully saturated rings. The van der Waals surface area contributed by atoms with E-state index in [2.05, 4.69) is 17.5 Å². The summed E-state index contributed by atoms with van der Waals surface area (Å²) < 4.78 is 11.7. The zero-order valence-corrected chi connectivity index (χ0v) is 21.4. The minimum atomic E-state index is -0.0489. The smallest absolute Gasteiger partial charge is 0.240 e. The van der Waals surface area contributed by atoms with E-state index >= 15 is 0 Å². The highest BCUT2D eigenvalue weighted by Gasteiger charge is 2.07. The van der Waals surface area contributed by atoms with Crippen LogP contribution in [0.2, 0.25) is 5.02 Å². The molecule has 0 aliphatic heterocycles. The molecule has 0 heterocycles. The predicted molar refractivity (Wildman–Crippen MR) is 141 cm³/mol. The normalized spacial score (nSPS) is 11.0. The van der Waals surface area contributed by atoms with Crippen molar-refractivity contribution in [2.75, 3.05) is 6.61 Å². The van der Waals surface area contributed by atoms with Gasteiger partial charge in [0.1, 0.15) is 6.61 Å². The molecule has 0 radical (unpaired) electrons. The van der Waals surface area contributed by atoms with Gasteiger partial charge >= 0.3 is 0 Å². The summed E-state index contributed by atoms with van der Waals surface area (Å²) in [7, 11) is 0. The lowest BCUT2D eigenvalue weighted by Gasteiger charge is -2.12. The third-order valence-corrected chi connectivity index (χ3v) is 5.74. The van der Waals surface area contributed by atoms with Crippen LogP contribution in [0.3, 0.4) is 0 Å². The van der Waals surface area contributed by atoms with Crippen LogP contribution in [0.25, 0.3) is 0 Å². The molecule has 0 spiro atoms. The van der Waals surface area contributed by atoms with Crippen molar-refractivity contribution in [2.45, 2.75) is 84.7 Å². The van der Waals surface area contributed by atoms with Crippen molar-refractivity contribution in [3.05, 3.63) is 58.6 Å². The minimum Gasteiger partial charge on any atom is -0.490 e. The van der Waals surface area contributed by atoms with Gasteiger partial charge in [-0.25, -0.2) is 5.43 Å². The Bertz CT molecular complexity index is 868. The molecule has 6 heteroatoms. The van der Waals surface area contributed by atoms with Crippen LogP contribution in [0.15, 0.2) is 47.6 Å². The lowest BCUT2D eigenvalue weighted by Crippen LogP contribution is -2.16. The van der Waals surface area contributed by atoms with Gasteiger partial charge in [-0.15, -0.1) is 0 Å². The molecular formula is C28H39ClN2O3. The second kappa shape index (κ2) is 17.0. The Morgan fingerprint density at radius 3 is 2.24 bits per heavy atom. The van der Waals surface area contributed by atoms with Crippen LogP contribution in [-0.4, -0.2) is 18.7 Å². The number of carbonyl (C=O) groups excluding carboxylic acids is 1. The standard InChI is InChI=1S/C28H39ClN2O3/c1-3-5-6-7-8-9-10-11-12-13-28(32)31-30-21-24-16-19-26(27(20-24)33-4-2)34-22-23-14-17-25(29)18-15-23/h14-21H,3-13,22H2,1-2H3,(H,31,32)/b30-21-. The zero-order valence-electron chi connectivity index (χ0n) is 20.7. The quantitative estimate of drug-likeness (QED) is 0.141. The SMILES string of the molecule is CCCCCCCCCCCC(=O)N/N=C\c1ccc(OCc2ccc(Cl)cc2)c(OCC)c1. The molecule has 0 atom stereocenters. The molecule has 2 aromatic rings. The Kier molecular flexibility index (Phi) is 13.8. The van der Waals surface area contributed by atoms with Crippen molar-refractivity contribution in [2.24, 2.45) is 5.10 Å². The summed E-state index contributed by atoms with van der Waals surface area (Å²) in [5, 5.41) is 4.79. The molecule has 186 valence electrons. The summed E-state index contributed by atoms with van der Waals surface area (Å²) >= 11 is 5.94. The lowest BCUT2D eigenvalue weighted by atomic mass is 10.1. The number of nitrogens with one attached hydrogen (secondary N) is 1. The number of hydrazone groups is 1. The van der Waals surface area contributed by atoms with Crippen molar-refractivity contribution in [1.82, 2.24) is 5.43 Å². The molecule has 0 aliphatic carbocycles. The maximum atomic E-state index is 12.0. The number of rotatable bonds is 17. The van der Waals surface area contributed by atoms with Crippen LogP contribution >= 0.6 is 11.6 Å². The summed E-state index contributed by atoms with van der Waals surface area (Å²) in [5.74, 6) is 1.25. The third-order valence-electron chi connectivity index (χ3n) is 5.49. The molecule has 0 aliphatic rings. The second-order valence-corrected chi connectivity index (χ2v) is 8.86. The number of ether oxygens (including phenoxy) is 2. The van der Waals surface area contributed by atoms with Crippen molar-refractivity contribution in [1.29, 1.82) is 0 Å². The molecule has 1 N–H and O–H groups in total. The molecule has 1 amide bonds. The van der Waals surface area contributed by atoms with Crippen LogP contribution < -0.4 is 14.9 Å². The largest absolute Gasteiger partial charge is 0.490 e. The van der Waals surface area contributed by atoms with Crippen LogP contribution in [0.5, 0.6) is 11.5 Å². The van der Waals surface area contributed by atoms with Gasteiger partial charge < -0.3 is 9.47 Å². The Hall–Kier alpha value is -2.53. The Morgan fingerprint density at radius 1 is 0.882 bits per heavy atom. The second-order valence-electron chi connectivity index (χ2n) is 8.43. The van der Waals surface area contributed by atoms with Crippen LogP contribution in [0.4, 0.5) is 0 Å². The highest BCUT2D eigenvalue weighted by Crippen LogP contribution is 2.29. The number of hydrogen-bond acceptors (Lipinski definition) is 4. The van der Waals surface area contributed by atoms with Gasteiger partial charge in [0.25, 0.3) is 0 Å². The average molecular weight is 487 g/mol.